The summed E-state index contributed by atoms with van der Waals surface area (Å²) in [7, 11) is -2.44. The maximum Gasteiger partial charge on any atom is 0.288 e. The zero-order valence-electron chi connectivity index (χ0n) is 11.5. The standard InChI is InChI=1S/C14H13F2NO3S2/c1-20-12-4-2-3-5-13(12)22(18,19)17-10-6-8-11(9-7-10)21-14(15)16/h2-9,14,17H,1H3. The molecule has 2 aromatic carbocycles. The van der Waals surface area contributed by atoms with Crippen LogP contribution < -0.4 is 9.46 Å². The van der Waals surface area contributed by atoms with E-state index in [1.807, 2.05) is 0 Å². The van der Waals surface area contributed by atoms with E-state index in [9.17, 15) is 17.2 Å². The Bertz CT molecular complexity index is 734. The van der Waals surface area contributed by atoms with E-state index in [1.54, 1.807) is 12.1 Å². The number of methoxy groups -OCH3 is 1. The van der Waals surface area contributed by atoms with Crippen LogP contribution in [0.1, 0.15) is 0 Å². The molecule has 8 heteroatoms. The molecule has 0 saturated carbocycles. The molecule has 0 unspecified atom stereocenters. The second kappa shape index (κ2) is 6.97. The number of alkyl halides is 2. The predicted octanol–water partition coefficient (Wildman–Crippen LogP) is 3.81. The fourth-order valence-corrected chi connectivity index (χ4v) is 3.48. The summed E-state index contributed by atoms with van der Waals surface area (Å²) in [6, 6.07) is 11.9. The van der Waals surface area contributed by atoms with Crippen molar-refractivity contribution in [2.75, 3.05) is 11.8 Å². The first kappa shape index (κ1) is 16.6. The highest BCUT2D eigenvalue weighted by Gasteiger charge is 2.19. The Balaban J connectivity index is 2.22. The van der Waals surface area contributed by atoms with Crippen LogP contribution in [0, 0.1) is 0 Å². The minimum Gasteiger partial charge on any atom is -0.495 e. The number of hydrogen-bond acceptors (Lipinski definition) is 4. The summed E-state index contributed by atoms with van der Waals surface area (Å²) in [6.07, 6.45) is 0. The van der Waals surface area contributed by atoms with Crippen molar-refractivity contribution in [3.63, 3.8) is 0 Å². The lowest BCUT2D eigenvalue weighted by molar-refractivity contribution is 0.252. The number of thioether (sulfide) groups is 1. The van der Waals surface area contributed by atoms with Crippen LogP contribution in [-0.2, 0) is 10.0 Å². The zero-order valence-corrected chi connectivity index (χ0v) is 13.1. The molecule has 0 aliphatic heterocycles. The van der Waals surface area contributed by atoms with E-state index in [0.29, 0.717) is 16.7 Å². The molecular weight excluding hydrogens is 332 g/mol. The maximum atomic E-state index is 12.3. The molecule has 4 nitrogen and oxygen atoms in total. The van der Waals surface area contributed by atoms with Crippen molar-refractivity contribution in [3.05, 3.63) is 48.5 Å². The lowest BCUT2D eigenvalue weighted by Gasteiger charge is -2.11. The number of halogens is 2. The van der Waals surface area contributed by atoms with Gasteiger partial charge in [-0.15, -0.1) is 0 Å². The number of para-hydroxylation sites is 1. The van der Waals surface area contributed by atoms with Crippen molar-refractivity contribution in [3.8, 4) is 5.75 Å². The quantitative estimate of drug-likeness (QED) is 0.809. The van der Waals surface area contributed by atoms with Gasteiger partial charge in [-0.1, -0.05) is 23.9 Å². The molecule has 0 atom stereocenters. The minimum absolute atomic E-state index is 0.00327. The van der Waals surface area contributed by atoms with Gasteiger partial charge in [-0.3, -0.25) is 4.72 Å². The number of anilines is 1. The molecule has 0 saturated heterocycles. The largest absolute Gasteiger partial charge is 0.495 e. The van der Waals surface area contributed by atoms with Gasteiger partial charge in [-0.25, -0.2) is 8.42 Å². The van der Waals surface area contributed by atoms with Crippen LogP contribution in [0.25, 0.3) is 0 Å². The maximum absolute atomic E-state index is 12.3. The van der Waals surface area contributed by atoms with E-state index >= 15 is 0 Å². The molecule has 0 fully saturated rings. The lowest BCUT2D eigenvalue weighted by Crippen LogP contribution is -2.13. The molecule has 1 N–H and O–H groups in total. The second-order valence-electron chi connectivity index (χ2n) is 4.16. The molecule has 22 heavy (non-hydrogen) atoms. The Morgan fingerprint density at radius 1 is 1.09 bits per heavy atom. The fourth-order valence-electron chi connectivity index (χ4n) is 1.76. The van der Waals surface area contributed by atoms with Gasteiger partial charge in [0, 0.05) is 10.6 Å². The number of ether oxygens (including phenoxy) is 1. The zero-order chi connectivity index (χ0) is 16.2. The highest BCUT2D eigenvalue weighted by molar-refractivity contribution is 7.99. The Kier molecular flexibility index (Phi) is 5.25. The Morgan fingerprint density at radius 3 is 2.32 bits per heavy atom. The van der Waals surface area contributed by atoms with Crippen molar-refractivity contribution in [1.29, 1.82) is 0 Å². The summed E-state index contributed by atoms with van der Waals surface area (Å²) < 4.78 is 56.5. The number of rotatable bonds is 6. The van der Waals surface area contributed by atoms with E-state index in [0.717, 1.165) is 0 Å². The van der Waals surface area contributed by atoms with Crippen molar-refractivity contribution in [1.82, 2.24) is 0 Å². The fraction of sp³-hybridized carbons (Fsp3) is 0.143. The summed E-state index contributed by atoms with van der Waals surface area (Å²) in [6.45, 7) is 0. The summed E-state index contributed by atoms with van der Waals surface area (Å²) in [4.78, 5) is 0.360. The molecule has 0 amide bonds. The molecule has 0 aliphatic rings. The van der Waals surface area contributed by atoms with Gasteiger partial charge in [0.2, 0.25) is 0 Å². The van der Waals surface area contributed by atoms with Crippen molar-refractivity contribution >= 4 is 27.5 Å². The normalized spacial score (nSPS) is 11.5. The topological polar surface area (TPSA) is 55.4 Å². The van der Waals surface area contributed by atoms with Crippen LogP contribution in [0.15, 0.2) is 58.3 Å². The minimum atomic E-state index is -3.82. The van der Waals surface area contributed by atoms with Gasteiger partial charge in [0.1, 0.15) is 10.6 Å². The van der Waals surface area contributed by atoms with Crippen molar-refractivity contribution in [2.45, 2.75) is 15.5 Å². The Labute approximate surface area is 131 Å². The third-order valence-corrected chi connectivity index (χ3v) is 4.83. The number of hydrogen-bond donors (Lipinski definition) is 1. The molecular formula is C14H13F2NO3S2. The molecule has 0 radical (unpaired) electrons. The number of sulfonamides is 1. The van der Waals surface area contributed by atoms with Gasteiger partial charge in [-0.05, 0) is 36.4 Å². The molecule has 0 aromatic heterocycles. The van der Waals surface area contributed by atoms with Crippen LogP contribution in [-0.4, -0.2) is 21.3 Å². The monoisotopic (exact) mass is 345 g/mol. The summed E-state index contributed by atoms with van der Waals surface area (Å²) in [5.74, 6) is -2.30. The van der Waals surface area contributed by atoms with Gasteiger partial charge >= 0.3 is 0 Å². The molecule has 0 bridgehead atoms. The first-order valence-corrected chi connectivity index (χ1v) is 8.49. The third-order valence-electron chi connectivity index (χ3n) is 2.69. The Hall–Kier alpha value is -1.80. The van der Waals surface area contributed by atoms with Crippen molar-refractivity contribution < 1.29 is 21.9 Å². The lowest BCUT2D eigenvalue weighted by atomic mass is 10.3. The van der Waals surface area contributed by atoms with Gasteiger partial charge in [0.25, 0.3) is 15.8 Å². The van der Waals surface area contributed by atoms with Crippen LogP contribution in [0.4, 0.5) is 14.5 Å². The van der Waals surface area contributed by atoms with Gasteiger partial charge in [0.15, 0.2) is 0 Å². The van der Waals surface area contributed by atoms with Crippen molar-refractivity contribution in [2.24, 2.45) is 0 Å². The molecule has 2 aromatic rings. The van der Waals surface area contributed by atoms with E-state index in [-0.39, 0.29) is 16.3 Å². The highest BCUT2D eigenvalue weighted by Crippen LogP contribution is 2.28. The summed E-state index contributed by atoms with van der Waals surface area (Å²) in [5, 5.41) is 0. The van der Waals surface area contributed by atoms with Crippen LogP contribution in [0.3, 0.4) is 0 Å². The summed E-state index contributed by atoms with van der Waals surface area (Å²) >= 11 is 0.397. The first-order chi connectivity index (χ1) is 10.4. The van der Waals surface area contributed by atoms with Gasteiger partial charge in [-0.2, -0.15) is 8.78 Å². The van der Waals surface area contributed by atoms with Gasteiger partial charge in [0.05, 0.1) is 7.11 Å². The molecule has 0 heterocycles. The van der Waals surface area contributed by atoms with Gasteiger partial charge < -0.3 is 4.74 Å². The van der Waals surface area contributed by atoms with Crippen LogP contribution >= 0.6 is 11.8 Å². The Morgan fingerprint density at radius 2 is 1.73 bits per heavy atom. The second-order valence-corrected chi connectivity index (χ2v) is 6.87. The first-order valence-electron chi connectivity index (χ1n) is 6.13. The number of benzene rings is 2. The molecule has 0 aliphatic carbocycles. The highest BCUT2D eigenvalue weighted by atomic mass is 32.2. The van der Waals surface area contributed by atoms with E-state index in [2.05, 4.69) is 4.72 Å². The van der Waals surface area contributed by atoms with Crippen LogP contribution in [0.5, 0.6) is 5.75 Å². The number of nitrogens with one attached hydrogen (secondary N) is 1. The average Bonchev–Trinajstić information content (AvgIpc) is 2.48. The van der Waals surface area contributed by atoms with E-state index in [1.165, 1.54) is 43.5 Å². The average molecular weight is 345 g/mol. The molecule has 2 rings (SSSR count). The molecule has 118 valence electrons. The third kappa shape index (κ3) is 4.11. The summed E-state index contributed by atoms with van der Waals surface area (Å²) in [5.41, 5.74) is 0.282. The van der Waals surface area contributed by atoms with Crippen LogP contribution in [0.2, 0.25) is 0 Å². The molecule has 0 spiro atoms. The van der Waals surface area contributed by atoms with E-state index < -0.39 is 15.8 Å². The smallest absolute Gasteiger partial charge is 0.288 e. The van der Waals surface area contributed by atoms with E-state index in [4.69, 9.17) is 4.74 Å². The predicted molar refractivity (Wildman–Crippen MR) is 82.1 cm³/mol. The SMILES string of the molecule is COc1ccccc1S(=O)(=O)Nc1ccc(SC(F)F)cc1.